The third-order valence-electron chi connectivity index (χ3n) is 4.45. The molecule has 0 saturated heterocycles. The molecule has 1 unspecified atom stereocenters. The predicted octanol–water partition coefficient (Wildman–Crippen LogP) is 6.26. The summed E-state index contributed by atoms with van der Waals surface area (Å²) < 4.78 is 6.36. The Hall–Kier alpha value is -0.0400. The van der Waals surface area contributed by atoms with Gasteiger partial charge in [0, 0.05) is 0 Å². The quantitative estimate of drug-likeness (QED) is 0.380. The maximum absolute atomic E-state index is 6.36. The van der Waals surface area contributed by atoms with Crippen molar-refractivity contribution in [3.63, 3.8) is 0 Å². The van der Waals surface area contributed by atoms with Gasteiger partial charge in [-0.1, -0.05) is 78.1 Å². The van der Waals surface area contributed by atoms with Crippen LogP contribution in [0.2, 0.25) is 0 Å². The van der Waals surface area contributed by atoms with Crippen LogP contribution >= 0.6 is 0 Å². The standard InChI is InChI=1S/C18H36O/c1-3-5-7-8-10-14-17(13-9-6-4-2)19-18-15-11-12-16-18/h17-18H,3-16H2,1-2H3. The lowest BCUT2D eigenvalue weighted by Crippen LogP contribution is -2.20. The Morgan fingerprint density at radius 2 is 1.32 bits per heavy atom. The average Bonchev–Trinajstić information content (AvgIpc) is 2.91. The zero-order valence-corrected chi connectivity index (χ0v) is 13.5. The van der Waals surface area contributed by atoms with E-state index >= 15 is 0 Å². The first-order chi connectivity index (χ1) is 9.36. The number of unbranched alkanes of at least 4 members (excludes halogenated alkanes) is 6. The van der Waals surface area contributed by atoms with Crippen molar-refractivity contribution in [3.8, 4) is 0 Å². The van der Waals surface area contributed by atoms with Crippen molar-refractivity contribution in [1.82, 2.24) is 0 Å². The molecule has 0 aromatic carbocycles. The molecule has 1 atom stereocenters. The molecule has 1 nitrogen and oxygen atoms in total. The van der Waals surface area contributed by atoms with Crippen LogP contribution in [0, 0.1) is 0 Å². The lowest BCUT2D eigenvalue weighted by Gasteiger charge is -2.22. The molecule has 1 saturated carbocycles. The van der Waals surface area contributed by atoms with Crippen LogP contribution in [0.5, 0.6) is 0 Å². The van der Waals surface area contributed by atoms with Crippen molar-refractivity contribution in [2.45, 2.75) is 116 Å². The molecule has 0 amide bonds. The van der Waals surface area contributed by atoms with E-state index in [9.17, 15) is 0 Å². The van der Waals surface area contributed by atoms with Gasteiger partial charge < -0.3 is 4.74 Å². The van der Waals surface area contributed by atoms with Crippen LogP contribution in [-0.2, 0) is 4.74 Å². The molecule has 0 spiro atoms. The topological polar surface area (TPSA) is 9.23 Å². The van der Waals surface area contributed by atoms with Crippen molar-refractivity contribution in [3.05, 3.63) is 0 Å². The molecule has 0 aromatic heterocycles. The van der Waals surface area contributed by atoms with Crippen LogP contribution < -0.4 is 0 Å². The van der Waals surface area contributed by atoms with Gasteiger partial charge in [-0.25, -0.2) is 0 Å². The van der Waals surface area contributed by atoms with E-state index < -0.39 is 0 Å². The summed E-state index contributed by atoms with van der Waals surface area (Å²) >= 11 is 0. The molecule has 0 N–H and O–H groups in total. The highest BCUT2D eigenvalue weighted by atomic mass is 16.5. The number of hydrogen-bond acceptors (Lipinski definition) is 1. The molecular formula is C18H36O. The fraction of sp³-hybridized carbons (Fsp3) is 1.00. The zero-order valence-electron chi connectivity index (χ0n) is 13.5. The van der Waals surface area contributed by atoms with Crippen molar-refractivity contribution in [1.29, 1.82) is 0 Å². The lowest BCUT2D eigenvalue weighted by molar-refractivity contribution is -0.0186. The lowest BCUT2D eigenvalue weighted by atomic mass is 10.0. The monoisotopic (exact) mass is 268 g/mol. The summed E-state index contributed by atoms with van der Waals surface area (Å²) in [7, 11) is 0. The summed E-state index contributed by atoms with van der Waals surface area (Å²) in [5.74, 6) is 0. The Kier molecular flexibility index (Phi) is 10.5. The summed E-state index contributed by atoms with van der Waals surface area (Å²) in [5, 5.41) is 0. The van der Waals surface area contributed by atoms with E-state index in [1.165, 1.54) is 89.9 Å². The number of hydrogen-bond donors (Lipinski definition) is 0. The third kappa shape index (κ3) is 8.68. The van der Waals surface area contributed by atoms with Gasteiger partial charge in [-0.3, -0.25) is 0 Å². The van der Waals surface area contributed by atoms with Crippen LogP contribution in [0.3, 0.4) is 0 Å². The van der Waals surface area contributed by atoms with Crippen LogP contribution in [0.15, 0.2) is 0 Å². The Labute approximate surface area is 121 Å². The Morgan fingerprint density at radius 3 is 1.95 bits per heavy atom. The zero-order chi connectivity index (χ0) is 13.8. The van der Waals surface area contributed by atoms with Crippen molar-refractivity contribution in [2.24, 2.45) is 0 Å². The van der Waals surface area contributed by atoms with Crippen molar-refractivity contribution < 1.29 is 4.74 Å². The summed E-state index contributed by atoms with van der Waals surface area (Å²) in [4.78, 5) is 0. The summed E-state index contributed by atoms with van der Waals surface area (Å²) in [6.07, 6.45) is 20.2. The number of rotatable bonds is 12. The fourth-order valence-corrected chi connectivity index (χ4v) is 3.17. The van der Waals surface area contributed by atoms with E-state index in [1.54, 1.807) is 0 Å². The van der Waals surface area contributed by atoms with Gasteiger partial charge in [-0.15, -0.1) is 0 Å². The molecular weight excluding hydrogens is 232 g/mol. The largest absolute Gasteiger partial charge is 0.375 e. The van der Waals surface area contributed by atoms with Gasteiger partial charge in [0.2, 0.25) is 0 Å². The van der Waals surface area contributed by atoms with Gasteiger partial charge in [-0.05, 0) is 25.7 Å². The van der Waals surface area contributed by atoms with Crippen LogP contribution in [0.25, 0.3) is 0 Å². The van der Waals surface area contributed by atoms with Gasteiger partial charge >= 0.3 is 0 Å². The van der Waals surface area contributed by atoms with Crippen molar-refractivity contribution >= 4 is 0 Å². The SMILES string of the molecule is CCCCCCCC(CCCCC)OC1CCCC1. The van der Waals surface area contributed by atoms with E-state index in [0.29, 0.717) is 12.2 Å². The van der Waals surface area contributed by atoms with Gasteiger partial charge in [0.05, 0.1) is 12.2 Å². The minimum atomic E-state index is 0.566. The minimum absolute atomic E-state index is 0.566. The summed E-state index contributed by atoms with van der Waals surface area (Å²) in [5.41, 5.74) is 0. The highest BCUT2D eigenvalue weighted by Gasteiger charge is 2.19. The molecule has 1 heteroatoms. The molecule has 0 aliphatic heterocycles. The molecule has 19 heavy (non-hydrogen) atoms. The Bertz CT molecular complexity index is 184. The van der Waals surface area contributed by atoms with E-state index in [-0.39, 0.29) is 0 Å². The van der Waals surface area contributed by atoms with Gasteiger partial charge in [0.15, 0.2) is 0 Å². The number of ether oxygens (including phenoxy) is 1. The molecule has 0 radical (unpaired) electrons. The predicted molar refractivity (Wildman–Crippen MR) is 84.6 cm³/mol. The summed E-state index contributed by atoms with van der Waals surface area (Å²) in [6.45, 7) is 4.58. The van der Waals surface area contributed by atoms with Crippen LogP contribution in [0.1, 0.15) is 104 Å². The molecule has 1 aliphatic carbocycles. The molecule has 1 fully saturated rings. The Morgan fingerprint density at radius 1 is 0.789 bits per heavy atom. The van der Waals surface area contributed by atoms with E-state index in [0.717, 1.165) is 0 Å². The second kappa shape index (κ2) is 11.8. The molecule has 0 aromatic rings. The van der Waals surface area contributed by atoms with Crippen molar-refractivity contribution in [2.75, 3.05) is 0 Å². The smallest absolute Gasteiger partial charge is 0.0578 e. The van der Waals surface area contributed by atoms with Gasteiger partial charge in [0.25, 0.3) is 0 Å². The highest BCUT2D eigenvalue weighted by molar-refractivity contribution is 4.70. The van der Waals surface area contributed by atoms with Crippen LogP contribution in [-0.4, -0.2) is 12.2 Å². The third-order valence-corrected chi connectivity index (χ3v) is 4.45. The van der Waals surface area contributed by atoms with E-state index in [4.69, 9.17) is 4.74 Å². The summed E-state index contributed by atoms with van der Waals surface area (Å²) in [6, 6.07) is 0. The first-order valence-electron chi connectivity index (χ1n) is 9.02. The first kappa shape index (κ1) is 17.0. The maximum Gasteiger partial charge on any atom is 0.0578 e. The van der Waals surface area contributed by atoms with E-state index in [2.05, 4.69) is 13.8 Å². The normalized spacial score (nSPS) is 18.0. The molecule has 0 bridgehead atoms. The maximum atomic E-state index is 6.36. The molecule has 1 rings (SSSR count). The van der Waals surface area contributed by atoms with Gasteiger partial charge in [-0.2, -0.15) is 0 Å². The Balaban J connectivity index is 2.14. The van der Waals surface area contributed by atoms with Crippen LogP contribution in [0.4, 0.5) is 0 Å². The minimum Gasteiger partial charge on any atom is -0.375 e. The fourth-order valence-electron chi connectivity index (χ4n) is 3.17. The first-order valence-corrected chi connectivity index (χ1v) is 9.02. The molecule has 0 heterocycles. The van der Waals surface area contributed by atoms with Gasteiger partial charge in [0.1, 0.15) is 0 Å². The van der Waals surface area contributed by atoms with E-state index in [1.807, 2.05) is 0 Å². The average molecular weight is 268 g/mol. The molecule has 114 valence electrons. The second-order valence-electron chi connectivity index (χ2n) is 6.36. The second-order valence-corrected chi connectivity index (χ2v) is 6.36. The highest BCUT2D eigenvalue weighted by Crippen LogP contribution is 2.25. The molecule has 1 aliphatic rings.